The van der Waals surface area contributed by atoms with Gasteiger partial charge in [-0.25, -0.2) is 25.4 Å². The lowest BCUT2D eigenvalue weighted by Crippen LogP contribution is -2.39. The molecule has 1 aliphatic rings. The Morgan fingerprint density at radius 3 is 2.78 bits per heavy atom. The molecule has 36 heavy (non-hydrogen) atoms. The molecule has 0 bridgehead atoms. The van der Waals surface area contributed by atoms with E-state index >= 15 is 0 Å². The van der Waals surface area contributed by atoms with Gasteiger partial charge in [-0.1, -0.05) is 6.07 Å². The van der Waals surface area contributed by atoms with Crippen molar-refractivity contribution in [2.45, 2.75) is 12.6 Å². The van der Waals surface area contributed by atoms with Gasteiger partial charge in [0, 0.05) is 30.9 Å². The van der Waals surface area contributed by atoms with Gasteiger partial charge in [-0.3, -0.25) is 10.0 Å². The first-order valence-electron chi connectivity index (χ1n) is 11.2. The molecular formula is C23H25N9O3S. The average Bonchev–Trinajstić information content (AvgIpc) is 3.31. The fraction of sp³-hybridized carbons (Fsp3) is 0.261. The van der Waals surface area contributed by atoms with E-state index in [0.29, 0.717) is 49.5 Å². The summed E-state index contributed by atoms with van der Waals surface area (Å²) in [6, 6.07) is 7.62. The maximum atomic E-state index is 11.5. The number of morpholine rings is 1. The molecule has 3 aromatic heterocycles. The molecule has 12 nitrogen and oxygen atoms in total. The summed E-state index contributed by atoms with van der Waals surface area (Å²) < 4.78 is 6.95. The Morgan fingerprint density at radius 2 is 2.03 bits per heavy atom. The number of nitrogens with two attached hydrogens (primary N) is 2. The molecule has 4 aromatic rings. The molecule has 4 heterocycles. The van der Waals surface area contributed by atoms with Gasteiger partial charge < -0.3 is 26.0 Å². The van der Waals surface area contributed by atoms with Crippen molar-refractivity contribution in [3.05, 3.63) is 58.9 Å². The second-order valence-corrected chi connectivity index (χ2v) is 9.56. The lowest BCUT2D eigenvalue weighted by molar-refractivity contribution is 0.0393. The summed E-state index contributed by atoms with van der Waals surface area (Å²) in [7, 11) is 1.86. The Labute approximate surface area is 210 Å². The van der Waals surface area contributed by atoms with Crippen LogP contribution in [0.15, 0.2) is 42.9 Å². The normalized spacial score (nSPS) is 15.7. The molecule has 1 aliphatic heterocycles. The van der Waals surface area contributed by atoms with Crippen molar-refractivity contribution in [1.82, 2.24) is 25.4 Å². The van der Waals surface area contributed by atoms with Crippen LogP contribution in [0.3, 0.4) is 0 Å². The number of nitrogen functional groups attached to an aromatic ring is 2. The maximum absolute atomic E-state index is 11.5. The fourth-order valence-corrected chi connectivity index (χ4v) is 4.97. The van der Waals surface area contributed by atoms with Crippen LogP contribution in [0.2, 0.25) is 0 Å². The minimum atomic E-state index is -0.660. The molecule has 1 saturated heterocycles. The summed E-state index contributed by atoms with van der Waals surface area (Å²) >= 11 is 1.60. The van der Waals surface area contributed by atoms with E-state index in [1.165, 1.54) is 12.4 Å². The molecule has 1 amide bonds. The van der Waals surface area contributed by atoms with Gasteiger partial charge in [0.15, 0.2) is 0 Å². The Bertz CT molecular complexity index is 1400. The van der Waals surface area contributed by atoms with E-state index in [1.54, 1.807) is 22.9 Å². The second-order valence-electron chi connectivity index (χ2n) is 8.39. The van der Waals surface area contributed by atoms with Crippen LogP contribution in [-0.4, -0.2) is 57.8 Å². The topological polar surface area (TPSA) is 169 Å². The highest BCUT2D eigenvalue weighted by molar-refractivity contribution is 7.19. The van der Waals surface area contributed by atoms with E-state index in [2.05, 4.69) is 19.9 Å². The predicted molar refractivity (Wildman–Crippen MR) is 137 cm³/mol. The molecule has 0 aliphatic carbocycles. The van der Waals surface area contributed by atoms with Crippen LogP contribution in [0.1, 0.15) is 26.9 Å². The van der Waals surface area contributed by atoms with Crippen LogP contribution in [0.25, 0.3) is 10.2 Å². The van der Waals surface area contributed by atoms with Crippen LogP contribution in [-0.2, 0) is 11.3 Å². The number of hydrogen-bond acceptors (Lipinski definition) is 12. The number of carbonyl (C=O) groups excluding carboxylic acids is 1. The molecule has 0 radical (unpaired) electrons. The number of nitrogens with zero attached hydrogens (tertiary/aromatic N) is 6. The number of hydrogen-bond donors (Lipinski definition) is 4. The summed E-state index contributed by atoms with van der Waals surface area (Å²) in [6.07, 6.45) is 4.42. The van der Waals surface area contributed by atoms with Crippen LogP contribution in [0.5, 0.6) is 0 Å². The largest absolute Gasteiger partial charge is 0.397 e. The number of rotatable bonds is 6. The summed E-state index contributed by atoms with van der Waals surface area (Å²) in [4.78, 5) is 34.3. The number of anilines is 4. The van der Waals surface area contributed by atoms with Crippen LogP contribution >= 0.6 is 11.3 Å². The first-order valence-corrected chi connectivity index (χ1v) is 12.0. The summed E-state index contributed by atoms with van der Waals surface area (Å²) in [5.74, 6) is 0.446. The average molecular weight is 508 g/mol. The van der Waals surface area contributed by atoms with Crippen molar-refractivity contribution in [1.29, 1.82) is 0 Å². The molecule has 1 unspecified atom stereocenters. The number of benzene rings is 1. The van der Waals surface area contributed by atoms with Crippen LogP contribution in [0, 0.1) is 0 Å². The number of thiophene rings is 1. The van der Waals surface area contributed by atoms with Crippen LogP contribution in [0.4, 0.5) is 23.3 Å². The third-order valence-corrected chi connectivity index (χ3v) is 6.92. The summed E-state index contributed by atoms with van der Waals surface area (Å²) in [5.41, 5.74) is 16.5. The van der Waals surface area contributed by atoms with Crippen molar-refractivity contribution >= 4 is 50.7 Å². The molecule has 0 saturated carbocycles. The number of fused-ring (bicyclic) bond motifs is 1. The van der Waals surface area contributed by atoms with Gasteiger partial charge in [0.05, 0.1) is 53.0 Å². The summed E-state index contributed by atoms with van der Waals surface area (Å²) in [5, 5.41) is 8.72. The monoisotopic (exact) mass is 507 g/mol. The number of carbonyl (C=O) groups is 1. The van der Waals surface area contributed by atoms with E-state index < -0.39 is 5.91 Å². The van der Waals surface area contributed by atoms with Crippen molar-refractivity contribution in [2.24, 2.45) is 0 Å². The molecule has 13 heteroatoms. The standard InChI is InChI=1S/C23H25N9O3S/c1-31(22-26-8-14(9-27-22)21(33)30-34)11-15-7-18-20(36-15)10-28-23(29-18)32-4-5-35-19(12-32)13-2-3-16(24)17(25)6-13/h2-3,6-10,19,34H,4-5,11-12,24-25H2,1H3,(H,30,33). The number of ether oxygens (including phenoxy) is 1. The van der Waals surface area contributed by atoms with E-state index in [9.17, 15) is 4.79 Å². The van der Waals surface area contributed by atoms with Gasteiger partial charge in [-0.2, -0.15) is 0 Å². The molecular weight excluding hydrogens is 482 g/mol. The van der Waals surface area contributed by atoms with E-state index in [0.717, 1.165) is 20.7 Å². The number of amides is 1. The van der Waals surface area contributed by atoms with Gasteiger partial charge >= 0.3 is 0 Å². The minimum Gasteiger partial charge on any atom is -0.397 e. The number of hydroxylamine groups is 1. The Morgan fingerprint density at radius 1 is 1.22 bits per heavy atom. The Balaban J connectivity index is 1.29. The molecule has 6 N–H and O–H groups in total. The zero-order chi connectivity index (χ0) is 25.2. The molecule has 1 aromatic carbocycles. The number of aromatic nitrogens is 4. The first-order chi connectivity index (χ1) is 17.4. The van der Waals surface area contributed by atoms with E-state index in [4.69, 9.17) is 26.4 Å². The highest BCUT2D eigenvalue weighted by Crippen LogP contribution is 2.30. The minimum absolute atomic E-state index is 0.150. The fourth-order valence-electron chi connectivity index (χ4n) is 3.94. The molecule has 5 rings (SSSR count). The van der Waals surface area contributed by atoms with Gasteiger partial charge in [-0.05, 0) is 23.8 Å². The zero-order valence-electron chi connectivity index (χ0n) is 19.5. The lowest BCUT2D eigenvalue weighted by Gasteiger charge is -2.33. The van der Waals surface area contributed by atoms with Gasteiger partial charge in [0.2, 0.25) is 11.9 Å². The highest BCUT2D eigenvalue weighted by atomic mass is 32.1. The van der Waals surface area contributed by atoms with Crippen molar-refractivity contribution < 1.29 is 14.7 Å². The zero-order valence-corrected chi connectivity index (χ0v) is 20.3. The van der Waals surface area contributed by atoms with Crippen molar-refractivity contribution in [3.63, 3.8) is 0 Å². The molecule has 0 spiro atoms. The Hall–Kier alpha value is -4.07. The Kier molecular flexibility index (Phi) is 6.50. The molecule has 1 fully saturated rings. The van der Waals surface area contributed by atoms with Gasteiger partial charge in [-0.15, -0.1) is 11.3 Å². The van der Waals surface area contributed by atoms with Crippen LogP contribution < -0.4 is 26.7 Å². The third kappa shape index (κ3) is 4.84. The maximum Gasteiger partial charge on any atom is 0.277 e. The van der Waals surface area contributed by atoms with E-state index in [1.807, 2.05) is 36.3 Å². The second kappa shape index (κ2) is 9.89. The lowest BCUT2D eigenvalue weighted by atomic mass is 10.1. The highest BCUT2D eigenvalue weighted by Gasteiger charge is 2.24. The quantitative estimate of drug-likeness (QED) is 0.171. The van der Waals surface area contributed by atoms with Crippen molar-refractivity contribution in [2.75, 3.05) is 48.0 Å². The van der Waals surface area contributed by atoms with Gasteiger partial charge in [0.1, 0.15) is 6.10 Å². The summed E-state index contributed by atoms with van der Waals surface area (Å²) in [6.45, 7) is 2.40. The number of nitrogens with one attached hydrogen (secondary N) is 1. The van der Waals surface area contributed by atoms with Gasteiger partial charge in [0.25, 0.3) is 5.91 Å². The predicted octanol–water partition coefficient (Wildman–Crippen LogP) is 1.98. The molecule has 1 atom stereocenters. The molecule has 186 valence electrons. The third-order valence-electron chi connectivity index (χ3n) is 5.88. The smallest absolute Gasteiger partial charge is 0.277 e. The van der Waals surface area contributed by atoms with E-state index in [-0.39, 0.29) is 11.7 Å². The first kappa shape index (κ1) is 23.7. The van der Waals surface area contributed by atoms with Crippen molar-refractivity contribution in [3.8, 4) is 0 Å². The SMILES string of the molecule is CN(Cc1cc2nc(N3CCOC(c4ccc(N)c(N)c4)C3)ncc2s1)c1ncc(C(=O)NO)cn1.